The van der Waals surface area contributed by atoms with E-state index < -0.39 is 0 Å². The monoisotopic (exact) mass is 420 g/mol. The normalized spacial score (nSPS) is 10.9. The Morgan fingerprint density at radius 2 is 1.43 bits per heavy atom. The van der Waals surface area contributed by atoms with Crippen LogP contribution in [-0.2, 0) is 6.61 Å². The SMILES string of the molecule is CCCCCCCCCCOc1c(Br)cc(CO)cc1Br. The number of ether oxygens (including phenoxy) is 1. The van der Waals surface area contributed by atoms with Crippen LogP contribution in [0.15, 0.2) is 21.1 Å². The van der Waals surface area contributed by atoms with Crippen molar-refractivity contribution < 1.29 is 9.84 Å². The molecule has 0 aliphatic heterocycles. The van der Waals surface area contributed by atoms with Crippen LogP contribution >= 0.6 is 31.9 Å². The minimum atomic E-state index is 0.0372. The molecule has 1 N–H and O–H groups in total. The first-order valence-electron chi connectivity index (χ1n) is 7.90. The number of rotatable bonds is 11. The van der Waals surface area contributed by atoms with Crippen molar-refractivity contribution in [1.82, 2.24) is 0 Å². The number of unbranched alkanes of at least 4 members (excludes halogenated alkanes) is 7. The van der Waals surface area contributed by atoms with Gasteiger partial charge in [-0.3, -0.25) is 0 Å². The Hall–Kier alpha value is -0.0600. The molecule has 1 rings (SSSR count). The number of hydrogen-bond donors (Lipinski definition) is 1. The highest BCUT2D eigenvalue weighted by Crippen LogP contribution is 2.35. The lowest BCUT2D eigenvalue weighted by atomic mass is 10.1. The van der Waals surface area contributed by atoms with Crippen molar-refractivity contribution in [1.29, 1.82) is 0 Å². The summed E-state index contributed by atoms with van der Waals surface area (Å²) in [5, 5.41) is 9.15. The van der Waals surface area contributed by atoms with Gasteiger partial charge >= 0.3 is 0 Å². The van der Waals surface area contributed by atoms with E-state index >= 15 is 0 Å². The number of halogens is 2. The van der Waals surface area contributed by atoms with Crippen LogP contribution in [-0.4, -0.2) is 11.7 Å². The summed E-state index contributed by atoms with van der Waals surface area (Å²) in [6.45, 7) is 3.03. The molecule has 0 amide bonds. The molecule has 0 fully saturated rings. The predicted molar refractivity (Wildman–Crippen MR) is 95.9 cm³/mol. The summed E-state index contributed by atoms with van der Waals surface area (Å²) in [5.74, 6) is 0.829. The third-order valence-electron chi connectivity index (χ3n) is 3.48. The molecular weight excluding hydrogens is 396 g/mol. The highest BCUT2D eigenvalue weighted by atomic mass is 79.9. The average molecular weight is 422 g/mol. The molecular formula is C17H26Br2O2. The maximum absolute atomic E-state index is 9.15. The van der Waals surface area contributed by atoms with Crippen LogP contribution in [0.3, 0.4) is 0 Å². The number of hydrogen-bond acceptors (Lipinski definition) is 2. The lowest BCUT2D eigenvalue weighted by Gasteiger charge is -2.11. The second-order valence-corrected chi connectivity index (χ2v) is 7.08. The maximum atomic E-state index is 9.15. The highest BCUT2D eigenvalue weighted by molar-refractivity contribution is 9.11. The minimum Gasteiger partial charge on any atom is -0.491 e. The zero-order chi connectivity index (χ0) is 15.5. The number of benzene rings is 1. The largest absolute Gasteiger partial charge is 0.491 e. The fourth-order valence-electron chi connectivity index (χ4n) is 2.25. The Morgan fingerprint density at radius 3 is 1.95 bits per heavy atom. The third-order valence-corrected chi connectivity index (χ3v) is 4.66. The van der Waals surface area contributed by atoms with Crippen molar-refractivity contribution in [2.45, 2.75) is 64.9 Å². The Bertz CT molecular complexity index is 385. The van der Waals surface area contributed by atoms with Gasteiger partial charge in [0.05, 0.1) is 22.2 Å². The zero-order valence-electron chi connectivity index (χ0n) is 12.8. The van der Waals surface area contributed by atoms with E-state index in [0.717, 1.165) is 33.3 Å². The van der Waals surface area contributed by atoms with E-state index in [1.807, 2.05) is 12.1 Å². The van der Waals surface area contributed by atoms with Gasteiger partial charge in [-0.25, -0.2) is 0 Å². The minimum absolute atomic E-state index is 0.0372. The summed E-state index contributed by atoms with van der Waals surface area (Å²) in [4.78, 5) is 0. The molecule has 0 bridgehead atoms. The standard InChI is InChI=1S/C17H26Br2O2/c1-2-3-4-5-6-7-8-9-10-21-17-15(18)11-14(13-20)12-16(17)19/h11-12,20H,2-10,13H2,1H3. The summed E-state index contributed by atoms with van der Waals surface area (Å²) >= 11 is 6.98. The summed E-state index contributed by atoms with van der Waals surface area (Å²) in [6.07, 6.45) is 10.4. The Morgan fingerprint density at radius 1 is 0.905 bits per heavy atom. The van der Waals surface area contributed by atoms with Crippen LogP contribution in [0.4, 0.5) is 0 Å². The van der Waals surface area contributed by atoms with Gasteiger partial charge in [-0.05, 0) is 56.0 Å². The topological polar surface area (TPSA) is 29.5 Å². The number of aliphatic hydroxyl groups excluding tert-OH is 1. The predicted octanol–water partition coefficient (Wildman–Crippen LogP) is 6.22. The Balaban J connectivity index is 2.18. The molecule has 0 aliphatic rings. The van der Waals surface area contributed by atoms with E-state index in [1.54, 1.807) is 0 Å². The van der Waals surface area contributed by atoms with Crippen LogP contribution in [0.5, 0.6) is 5.75 Å². The Kier molecular flexibility index (Phi) is 10.4. The van der Waals surface area contributed by atoms with Gasteiger partial charge in [0.15, 0.2) is 0 Å². The van der Waals surface area contributed by atoms with Crippen molar-refractivity contribution in [2.24, 2.45) is 0 Å². The molecule has 21 heavy (non-hydrogen) atoms. The van der Waals surface area contributed by atoms with Crippen molar-refractivity contribution in [2.75, 3.05) is 6.61 Å². The van der Waals surface area contributed by atoms with Gasteiger partial charge in [0.1, 0.15) is 5.75 Å². The summed E-state index contributed by atoms with van der Waals surface area (Å²) in [5.41, 5.74) is 0.869. The molecule has 0 unspecified atom stereocenters. The first-order valence-corrected chi connectivity index (χ1v) is 9.49. The quantitative estimate of drug-likeness (QED) is 0.429. The molecule has 120 valence electrons. The summed E-state index contributed by atoms with van der Waals surface area (Å²) in [6, 6.07) is 3.79. The van der Waals surface area contributed by atoms with E-state index in [9.17, 15) is 0 Å². The molecule has 1 aromatic rings. The average Bonchev–Trinajstić information content (AvgIpc) is 2.47. The molecule has 2 nitrogen and oxygen atoms in total. The molecule has 0 saturated heterocycles. The van der Waals surface area contributed by atoms with Crippen LogP contribution in [0.2, 0.25) is 0 Å². The van der Waals surface area contributed by atoms with E-state index in [1.165, 1.54) is 44.9 Å². The fraction of sp³-hybridized carbons (Fsp3) is 0.647. The van der Waals surface area contributed by atoms with E-state index in [2.05, 4.69) is 38.8 Å². The third kappa shape index (κ3) is 7.66. The molecule has 0 heterocycles. The van der Waals surface area contributed by atoms with Crippen LogP contribution in [0, 0.1) is 0 Å². The van der Waals surface area contributed by atoms with Crippen molar-refractivity contribution in [3.8, 4) is 5.75 Å². The lowest BCUT2D eigenvalue weighted by molar-refractivity contribution is 0.280. The number of aliphatic hydroxyl groups is 1. The highest BCUT2D eigenvalue weighted by Gasteiger charge is 2.08. The summed E-state index contributed by atoms with van der Waals surface area (Å²) < 4.78 is 7.62. The van der Waals surface area contributed by atoms with Crippen molar-refractivity contribution in [3.05, 3.63) is 26.6 Å². The molecule has 0 spiro atoms. The molecule has 1 aromatic carbocycles. The molecule has 0 aliphatic carbocycles. The second kappa shape index (κ2) is 11.5. The first kappa shape index (κ1) is 19.0. The molecule has 0 aromatic heterocycles. The van der Waals surface area contributed by atoms with E-state index in [0.29, 0.717) is 0 Å². The molecule has 0 saturated carbocycles. The van der Waals surface area contributed by atoms with Gasteiger partial charge < -0.3 is 9.84 Å². The smallest absolute Gasteiger partial charge is 0.147 e. The van der Waals surface area contributed by atoms with Gasteiger partial charge in [-0.15, -0.1) is 0 Å². The zero-order valence-corrected chi connectivity index (χ0v) is 16.0. The van der Waals surface area contributed by atoms with Crippen molar-refractivity contribution >= 4 is 31.9 Å². The molecule has 0 atom stereocenters. The Labute approximate surface area is 145 Å². The van der Waals surface area contributed by atoms with Gasteiger partial charge in [0.25, 0.3) is 0 Å². The van der Waals surface area contributed by atoms with Crippen LogP contribution < -0.4 is 4.74 Å². The van der Waals surface area contributed by atoms with Crippen molar-refractivity contribution in [3.63, 3.8) is 0 Å². The maximum Gasteiger partial charge on any atom is 0.147 e. The van der Waals surface area contributed by atoms with Gasteiger partial charge in [0.2, 0.25) is 0 Å². The fourth-order valence-corrected chi connectivity index (χ4v) is 3.76. The van der Waals surface area contributed by atoms with E-state index in [4.69, 9.17) is 9.84 Å². The van der Waals surface area contributed by atoms with Gasteiger partial charge in [-0.2, -0.15) is 0 Å². The van der Waals surface area contributed by atoms with Gasteiger partial charge in [-0.1, -0.05) is 51.9 Å². The van der Waals surface area contributed by atoms with Gasteiger partial charge in [0, 0.05) is 0 Å². The first-order chi connectivity index (χ1) is 10.2. The molecule has 4 heteroatoms. The second-order valence-electron chi connectivity index (χ2n) is 5.37. The lowest BCUT2D eigenvalue weighted by Crippen LogP contribution is -1.99. The summed E-state index contributed by atoms with van der Waals surface area (Å²) in [7, 11) is 0. The molecule has 0 radical (unpaired) electrons. The van der Waals surface area contributed by atoms with Crippen LogP contribution in [0.1, 0.15) is 63.9 Å². The van der Waals surface area contributed by atoms with E-state index in [-0.39, 0.29) is 6.61 Å². The van der Waals surface area contributed by atoms with Crippen LogP contribution in [0.25, 0.3) is 0 Å².